The molecule has 2 amide bonds. The second-order valence-corrected chi connectivity index (χ2v) is 6.73. The average Bonchev–Trinajstić information content (AvgIpc) is 2.91. The maximum atomic E-state index is 12.1. The largest absolute Gasteiger partial charge is 0.336 e. The molecule has 1 aromatic carbocycles. The highest BCUT2D eigenvalue weighted by molar-refractivity contribution is 5.75. The number of amides is 2. The third-order valence-electron chi connectivity index (χ3n) is 4.75. The van der Waals surface area contributed by atoms with Crippen molar-refractivity contribution in [3.8, 4) is 11.4 Å². The van der Waals surface area contributed by atoms with Crippen LogP contribution >= 0.6 is 0 Å². The first-order valence-electron chi connectivity index (χ1n) is 8.71. The van der Waals surface area contributed by atoms with Gasteiger partial charge in [0.05, 0.1) is 0 Å². The van der Waals surface area contributed by atoms with Crippen molar-refractivity contribution >= 4 is 6.03 Å². The number of imidazole rings is 1. The molecule has 1 fully saturated rings. The molecule has 3 rings (SSSR count). The third kappa shape index (κ3) is 3.45. The van der Waals surface area contributed by atoms with E-state index in [9.17, 15) is 4.79 Å². The minimum atomic E-state index is 0.0613. The molecule has 5 nitrogen and oxygen atoms in total. The lowest BCUT2D eigenvalue weighted by Gasteiger charge is -2.40. The van der Waals surface area contributed by atoms with Crippen molar-refractivity contribution in [1.82, 2.24) is 19.8 Å². The number of hydrogen-bond acceptors (Lipinski definition) is 2. The van der Waals surface area contributed by atoms with Gasteiger partial charge in [0.25, 0.3) is 0 Å². The van der Waals surface area contributed by atoms with E-state index in [-0.39, 0.29) is 12.1 Å². The van der Waals surface area contributed by atoms with Crippen LogP contribution in [0, 0.1) is 12.8 Å². The maximum absolute atomic E-state index is 12.1. The monoisotopic (exact) mass is 326 g/mol. The number of benzene rings is 1. The van der Waals surface area contributed by atoms with Gasteiger partial charge >= 0.3 is 6.03 Å². The predicted molar refractivity (Wildman–Crippen MR) is 95.7 cm³/mol. The molecule has 1 unspecified atom stereocenters. The van der Waals surface area contributed by atoms with Gasteiger partial charge in [-0.25, -0.2) is 9.78 Å². The molecule has 0 aliphatic carbocycles. The number of nitrogens with one attached hydrogen (secondary N) is 1. The van der Waals surface area contributed by atoms with Crippen LogP contribution in [0.5, 0.6) is 0 Å². The van der Waals surface area contributed by atoms with Gasteiger partial charge in [0.1, 0.15) is 5.82 Å². The van der Waals surface area contributed by atoms with Crippen LogP contribution in [0.1, 0.15) is 26.0 Å². The number of likely N-dealkylation sites (tertiary alicyclic amines) is 1. The number of carbonyl (C=O) groups excluding carboxylic acids is 1. The highest BCUT2D eigenvalue weighted by Crippen LogP contribution is 2.24. The fourth-order valence-corrected chi connectivity index (χ4v) is 3.02. The lowest BCUT2D eigenvalue weighted by Crippen LogP contribution is -2.56. The van der Waals surface area contributed by atoms with E-state index in [1.807, 2.05) is 36.2 Å². The second-order valence-electron chi connectivity index (χ2n) is 6.73. The van der Waals surface area contributed by atoms with E-state index in [0.717, 1.165) is 43.1 Å². The summed E-state index contributed by atoms with van der Waals surface area (Å²) in [5, 5.41) is 3.03. The van der Waals surface area contributed by atoms with Gasteiger partial charge in [0.2, 0.25) is 0 Å². The molecule has 128 valence electrons. The lowest BCUT2D eigenvalue weighted by atomic mass is 10.00. The SMILES string of the molecule is CCC(C)NC(=O)N1CC(Cn2c(C)cnc2-c2ccccc2)C1. The quantitative estimate of drug-likeness (QED) is 0.916. The van der Waals surface area contributed by atoms with Gasteiger partial charge in [-0.3, -0.25) is 0 Å². The van der Waals surface area contributed by atoms with Crippen molar-refractivity contribution < 1.29 is 4.79 Å². The Morgan fingerprint density at radius 2 is 2.04 bits per heavy atom. The number of aromatic nitrogens is 2. The van der Waals surface area contributed by atoms with E-state index in [0.29, 0.717) is 5.92 Å². The molecule has 2 aromatic rings. The number of urea groups is 1. The molecule has 0 spiro atoms. The molecular weight excluding hydrogens is 300 g/mol. The van der Waals surface area contributed by atoms with Crippen LogP contribution in [0.2, 0.25) is 0 Å². The van der Waals surface area contributed by atoms with E-state index in [1.54, 1.807) is 0 Å². The summed E-state index contributed by atoms with van der Waals surface area (Å²) < 4.78 is 2.27. The third-order valence-corrected chi connectivity index (χ3v) is 4.75. The van der Waals surface area contributed by atoms with E-state index in [1.165, 1.54) is 0 Å². The summed E-state index contributed by atoms with van der Waals surface area (Å²) in [6, 6.07) is 10.6. The molecule has 5 heteroatoms. The Morgan fingerprint density at radius 3 is 2.71 bits per heavy atom. The van der Waals surface area contributed by atoms with Crippen LogP contribution in [0.25, 0.3) is 11.4 Å². The van der Waals surface area contributed by atoms with Crippen molar-refractivity contribution in [1.29, 1.82) is 0 Å². The number of rotatable bonds is 5. The first-order chi connectivity index (χ1) is 11.6. The van der Waals surface area contributed by atoms with Crippen LogP contribution in [0.15, 0.2) is 36.5 Å². The van der Waals surface area contributed by atoms with Gasteiger partial charge in [-0.2, -0.15) is 0 Å². The van der Waals surface area contributed by atoms with E-state index in [4.69, 9.17) is 0 Å². The zero-order chi connectivity index (χ0) is 17.1. The Kier molecular flexibility index (Phi) is 4.88. The molecule has 1 aliphatic heterocycles. The van der Waals surface area contributed by atoms with Crippen molar-refractivity contribution in [2.75, 3.05) is 13.1 Å². The summed E-state index contributed by atoms with van der Waals surface area (Å²) in [6.45, 7) is 8.74. The molecular formula is C19H26N4O. The number of hydrogen-bond donors (Lipinski definition) is 1. The molecule has 1 N–H and O–H groups in total. The zero-order valence-corrected chi connectivity index (χ0v) is 14.7. The smallest absolute Gasteiger partial charge is 0.317 e. The highest BCUT2D eigenvalue weighted by atomic mass is 16.2. The summed E-state index contributed by atoms with van der Waals surface area (Å²) in [6.07, 6.45) is 2.88. The summed E-state index contributed by atoms with van der Waals surface area (Å²) in [4.78, 5) is 18.6. The molecule has 0 radical (unpaired) electrons. The fourth-order valence-electron chi connectivity index (χ4n) is 3.02. The van der Waals surface area contributed by atoms with Gasteiger partial charge in [-0.1, -0.05) is 37.3 Å². The molecule has 1 saturated heterocycles. The van der Waals surface area contributed by atoms with Crippen molar-refractivity contribution in [3.63, 3.8) is 0 Å². The van der Waals surface area contributed by atoms with Crippen LogP contribution < -0.4 is 5.32 Å². The Balaban J connectivity index is 1.61. The minimum Gasteiger partial charge on any atom is -0.336 e. The van der Waals surface area contributed by atoms with Crippen LogP contribution in [-0.4, -0.2) is 39.6 Å². The van der Waals surface area contributed by atoms with Crippen LogP contribution in [0.3, 0.4) is 0 Å². The maximum Gasteiger partial charge on any atom is 0.317 e. The number of nitrogens with zero attached hydrogens (tertiary/aromatic N) is 3. The van der Waals surface area contributed by atoms with E-state index < -0.39 is 0 Å². The lowest BCUT2D eigenvalue weighted by molar-refractivity contribution is 0.108. The Morgan fingerprint density at radius 1 is 1.33 bits per heavy atom. The fraction of sp³-hybridized carbons (Fsp3) is 0.474. The molecule has 1 aromatic heterocycles. The van der Waals surface area contributed by atoms with E-state index in [2.05, 4.69) is 40.8 Å². The Hall–Kier alpha value is -2.30. The number of carbonyl (C=O) groups is 1. The molecule has 1 atom stereocenters. The normalized spacial score (nSPS) is 15.9. The van der Waals surface area contributed by atoms with Crippen molar-refractivity contribution in [3.05, 3.63) is 42.2 Å². The van der Waals surface area contributed by atoms with Crippen molar-refractivity contribution in [2.45, 2.75) is 39.8 Å². The highest BCUT2D eigenvalue weighted by Gasteiger charge is 2.31. The summed E-state index contributed by atoms with van der Waals surface area (Å²) in [5.74, 6) is 1.50. The number of aryl methyl sites for hydroxylation is 1. The standard InChI is InChI=1S/C19H26N4O/c1-4-14(2)21-19(24)22-11-16(12-22)13-23-15(3)10-20-18(23)17-8-6-5-7-9-17/h5-10,14,16H,4,11-13H2,1-3H3,(H,21,24). The summed E-state index contributed by atoms with van der Waals surface area (Å²) in [5.41, 5.74) is 2.30. The second kappa shape index (κ2) is 7.07. The molecule has 2 heterocycles. The van der Waals surface area contributed by atoms with Gasteiger partial charge in [0, 0.05) is 49.0 Å². The molecule has 0 saturated carbocycles. The van der Waals surface area contributed by atoms with Gasteiger partial charge < -0.3 is 14.8 Å². The van der Waals surface area contributed by atoms with Crippen LogP contribution in [0.4, 0.5) is 4.79 Å². The van der Waals surface area contributed by atoms with Crippen molar-refractivity contribution in [2.24, 2.45) is 5.92 Å². The molecule has 0 bridgehead atoms. The first-order valence-corrected chi connectivity index (χ1v) is 8.71. The van der Waals surface area contributed by atoms with E-state index >= 15 is 0 Å². The minimum absolute atomic E-state index is 0.0613. The average molecular weight is 326 g/mol. The summed E-state index contributed by atoms with van der Waals surface area (Å²) in [7, 11) is 0. The predicted octanol–water partition coefficient (Wildman–Crippen LogP) is 3.30. The topological polar surface area (TPSA) is 50.2 Å². The molecule has 1 aliphatic rings. The Bertz CT molecular complexity index is 689. The first kappa shape index (κ1) is 16.6. The van der Waals surface area contributed by atoms with Gasteiger partial charge in [-0.05, 0) is 20.3 Å². The Labute approximate surface area is 143 Å². The summed E-state index contributed by atoms with van der Waals surface area (Å²) >= 11 is 0. The van der Waals surface area contributed by atoms with Crippen LogP contribution in [-0.2, 0) is 6.54 Å². The van der Waals surface area contributed by atoms with Gasteiger partial charge in [-0.15, -0.1) is 0 Å². The van der Waals surface area contributed by atoms with Gasteiger partial charge in [0.15, 0.2) is 0 Å². The zero-order valence-electron chi connectivity index (χ0n) is 14.7. The molecule has 24 heavy (non-hydrogen) atoms.